The Balaban J connectivity index is 2.52. The van der Waals surface area contributed by atoms with Crippen LogP contribution in [0.25, 0.3) is 0 Å². The first kappa shape index (κ1) is 11.2. The Hall–Kier alpha value is -0.830. The van der Waals surface area contributed by atoms with E-state index in [9.17, 15) is 4.79 Å². The highest BCUT2D eigenvalue weighted by Crippen LogP contribution is 2.12. The van der Waals surface area contributed by atoms with Crippen molar-refractivity contribution in [3.63, 3.8) is 0 Å². The van der Waals surface area contributed by atoms with E-state index in [1.807, 2.05) is 4.90 Å². The monoisotopic (exact) mass is 196 g/mol. The van der Waals surface area contributed by atoms with Gasteiger partial charge in [0.1, 0.15) is 0 Å². The van der Waals surface area contributed by atoms with Crippen LogP contribution in [-0.4, -0.2) is 36.0 Å². The van der Waals surface area contributed by atoms with Crippen molar-refractivity contribution in [2.75, 3.05) is 13.1 Å². The minimum Gasteiger partial charge on any atom is -0.338 e. The maximum absolute atomic E-state index is 11.9. The molecular formula is C11H20N2O. The molecule has 0 aromatic carbocycles. The molecule has 0 aromatic rings. The summed E-state index contributed by atoms with van der Waals surface area (Å²) in [6, 6.07) is 0.385. The number of amides is 1. The largest absolute Gasteiger partial charge is 0.338 e. The van der Waals surface area contributed by atoms with Crippen molar-refractivity contribution in [1.82, 2.24) is 10.2 Å². The lowest BCUT2D eigenvalue weighted by Gasteiger charge is -2.33. The van der Waals surface area contributed by atoms with E-state index in [0.717, 1.165) is 19.4 Å². The van der Waals surface area contributed by atoms with Crippen molar-refractivity contribution in [2.45, 2.75) is 38.8 Å². The van der Waals surface area contributed by atoms with Crippen molar-refractivity contribution in [2.24, 2.45) is 0 Å². The van der Waals surface area contributed by atoms with Crippen LogP contribution in [0.3, 0.4) is 0 Å². The maximum atomic E-state index is 11.9. The van der Waals surface area contributed by atoms with Crippen molar-refractivity contribution < 1.29 is 4.79 Å². The van der Waals surface area contributed by atoms with Crippen molar-refractivity contribution in [3.05, 3.63) is 12.7 Å². The average molecular weight is 196 g/mol. The minimum absolute atomic E-state index is 0.0173. The van der Waals surface area contributed by atoms with E-state index < -0.39 is 0 Å². The Morgan fingerprint density at radius 2 is 2.43 bits per heavy atom. The lowest BCUT2D eigenvalue weighted by Crippen LogP contribution is -2.52. The van der Waals surface area contributed by atoms with Gasteiger partial charge in [-0.3, -0.25) is 4.79 Å². The molecule has 3 nitrogen and oxygen atoms in total. The number of hydrogen-bond acceptors (Lipinski definition) is 2. The third-order valence-corrected chi connectivity index (χ3v) is 2.41. The third-order valence-electron chi connectivity index (χ3n) is 2.41. The molecule has 0 spiro atoms. The Kier molecular flexibility index (Phi) is 4.14. The fraction of sp³-hybridized carbons (Fsp3) is 0.727. The van der Waals surface area contributed by atoms with Crippen LogP contribution in [0.4, 0.5) is 0 Å². The second-order valence-electron chi connectivity index (χ2n) is 4.09. The van der Waals surface area contributed by atoms with Crippen LogP contribution in [0, 0.1) is 0 Å². The molecule has 1 aliphatic heterocycles. The summed E-state index contributed by atoms with van der Waals surface area (Å²) in [6.45, 7) is 9.35. The first-order valence-electron chi connectivity index (χ1n) is 5.31. The molecule has 0 aliphatic carbocycles. The van der Waals surface area contributed by atoms with E-state index in [4.69, 9.17) is 0 Å². The SMILES string of the molecule is C=CCN1CCCC(NC(C)C)C1=O. The first-order chi connectivity index (χ1) is 6.65. The molecule has 1 fully saturated rings. The van der Waals surface area contributed by atoms with E-state index in [-0.39, 0.29) is 11.9 Å². The highest BCUT2D eigenvalue weighted by Gasteiger charge is 2.27. The predicted molar refractivity (Wildman–Crippen MR) is 58.1 cm³/mol. The third kappa shape index (κ3) is 2.84. The second-order valence-corrected chi connectivity index (χ2v) is 4.09. The molecule has 1 heterocycles. The normalized spacial score (nSPS) is 22.9. The van der Waals surface area contributed by atoms with Gasteiger partial charge in [-0.05, 0) is 12.8 Å². The molecule has 1 atom stereocenters. The van der Waals surface area contributed by atoms with Gasteiger partial charge in [0.25, 0.3) is 0 Å². The molecule has 0 bridgehead atoms. The zero-order valence-electron chi connectivity index (χ0n) is 9.12. The van der Waals surface area contributed by atoms with Crippen LogP contribution >= 0.6 is 0 Å². The molecule has 14 heavy (non-hydrogen) atoms. The first-order valence-corrected chi connectivity index (χ1v) is 5.31. The summed E-state index contributed by atoms with van der Waals surface area (Å²) in [4.78, 5) is 13.7. The Morgan fingerprint density at radius 1 is 1.71 bits per heavy atom. The van der Waals surface area contributed by atoms with E-state index in [1.165, 1.54) is 0 Å². The highest BCUT2D eigenvalue weighted by molar-refractivity contribution is 5.82. The molecule has 3 heteroatoms. The smallest absolute Gasteiger partial charge is 0.239 e. The van der Waals surface area contributed by atoms with Gasteiger partial charge >= 0.3 is 0 Å². The number of nitrogens with zero attached hydrogens (tertiary/aromatic N) is 1. The minimum atomic E-state index is 0.0173. The van der Waals surface area contributed by atoms with E-state index in [0.29, 0.717) is 12.6 Å². The lowest BCUT2D eigenvalue weighted by atomic mass is 10.0. The van der Waals surface area contributed by atoms with Crippen LogP contribution in [0.2, 0.25) is 0 Å². The Bertz CT molecular complexity index is 213. The predicted octanol–water partition coefficient (Wildman–Crippen LogP) is 1.16. The lowest BCUT2D eigenvalue weighted by molar-refractivity contribution is -0.135. The summed E-state index contributed by atoms with van der Waals surface area (Å²) in [5, 5.41) is 3.29. The summed E-state index contributed by atoms with van der Waals surface area (Å²) in [5.74, 6) is 0.227. The molecule has 1 unspecified atom stereocenters. The topological polar surface area (TPSA) is 32.3 Å². The Labute approximate surface area is 86.2 Å². The standard InChI is InChI=1S/C11H20N2O/c1-4-7-13-8-5-6-10(11(13)14)12-9(2)3/h4,9-10,12H,1,5-8H2,2-3H3. The van der Waals surface area contributed by atoms with Gasteiger partial charge in [-0.15, -0.1) is 6.58 Å². The van der Waals surface area contributed by atoms with Gasteiger partial charge in [0, 0.05) is 19.1 Å². The molecule has 0 aromatic heterocycles. The number of carbonyl (C=O) groups is 1. The highest BCUT2D eigenvalue weighted by atomic mass is 16.2. The van der Waals surface area contributed by atoms with Crippen LogP contribution in [-0.2, 0) is 4.79 Å². The van der Waals surface area contributed by atoms with Gasteiger partial charge in [-0.2, -0.15) is 0 Å². The van der Waals surface area contributed by atoms with Crippen LogP contribution in [0.15, 0.2) is 12.7 Å². The van der Waals surface area contributed by atoms with Gasteiger partial charge in [0.2, 0.25) is 5.91 Å². The van der Waals surface area contributed by atoms with E-state index >= 15 is 0 Å². The molecule has 1 N–H and O–H groups in total. The fourth-order valence-electron chi connectivity index (χ4n) is 1.83. The van der Waals surface area contributed by atoms with Gasteiger partial charge in [0.05, 0.1) is 6.04 Å². The van der Waals surface area contributed by atoms with Crippen LogP contribution < -0.4 is 5.32 Å². The molecule has 1 aliphatic rings. The van der Waals surface area contributed by atoms with Crippen molar-refractivity contribution in [1.29, 1.82) is 0 Å². The van der Waals surface area contributed by atoms with Gasteiger partial charge < -0.3 is 10.2 Å². The molecule has 0 saturated carbocycles. The maximum Gasteiger partial charge on any atom is 0.239 e. The van der Waals surface area contributed by atoms with E-state index in [2.05, 4.69) is 25.7 Å². The molecular weight excluding hydrogens is 176 g/mol. The average Bonchev–Trinajstić information content (AvgIpc) is 2.11. The number of nitrogens with one attached hydrogen (secondary N) is 1. The molecule has 1 rings (SSSR count). The molecule has 80 valence electrons. The van der Waals surface area contributed by atoms with E-state index in [1.54, 1.807) is 6.08 Å². The molecule has 1 saturated heterocycles. The molecule has 0 radical (unpaired) electrons. The number of likely N-dealkylation sites (tertiary alicyclic amines) is 1. The second kappa shape index (κ2) is 5.15. The van der Waals surface area contributed by atoms with Crippen LogP contribution in [0.5, 0.6) is 0 Å². The summed E-state index contributed by atoms with van der Waals surface area (Å²) >= 11 is 0. The van der Waals surface area contributed by atoms with Crippen molar-refractivity contribution in [3.8, 4) is 0 Å². The molecule has 1 amide bonds. The number of hydrogen-bond donors (Lipinski definition) is 1. The number of rotatable bonds is 4. The van der Waals surface area contributed by atoms with Gasteiger partial charge in [-0.1, -0.05) is 19.9 Å². The summed E-state index contributed by atoms with van der Waals surface area (Å²) in [7, 11) is 0. The van der Waals surface area contributed by atoms with Crippen LogP contribution in [0.1, 0.15) is 26.7 Å². The van der Waals surface area contributed by atoms with Gasteiger partial charge in [0.15, 0.2) is 0 Å². The Morgan fingerprint density at radius 3 is 3.00 bits per heavy atom. The van der Waals surface area contributed by atoms with Crippen molar-refractivity contribution >= 4 is 5.91 Å². The summed E-state index contributed by atoms with van der Waals surface area (Å²) in [5.41, 5.74) is 0. The number of piperidine rings is 1. The number of carbonyl (C=O) groups excluding carboxylic acids is 1. The summed E-state index contributed by atoms with van der Waals surface area (Å²) in [6.07, 6.45) is 3.84. The quantitative estimate of drug-likeness (QED) is 0.684. The zero-order valence-corrected chi connectivity index (χ0v) is 9.12. The zero-order chi connectivity index (χ0) is 10.6. The summed E-state index contributed by atoms with van der Waals surface area (Å²) < 4.78 is 0. The van der Waals surface area contributed by atoms with Gasteiger partial charge in [-0.25, -0.2) is 0 Å². The fourth-order valence-corrected chi connectivity index (χ4v) is 1.83.